The summed E-state index contributed by atoms with van der Waals surface area (Å²) >= 11 is 0. The smallest absolute Gasteiger partial charge is 0.203 e. The van der Waals surface area contributed by atoms with Crippen LogP contribution in [0.2, 0.25) is 0 Å². The van der Waals surface area contributed by atoms with Gasteiger partial charge in [-0.3, -0.25) is 5.01 Å². The summed E-state index contributed by atoms with van der Waals surface area (Å²) in [5.74, 6) is 3.36. The number of hydrazone groups is 1. The zero-order valence-corrected chi connectivity index (χ0v) is 23.3. The summed E-state index contributed by atoms with van der Waals surface area (Å²) in [4.78, 5) is 0. The lowest BCUT2D eigenvalue weighted by atomic mass is 9.95. The summed E-state index contributed by atoms with van der Waals surface area (Å²) in [6.07, 6.45) is 0.467. The highest BCUT2D eigenvalue weighted by molar-refractivity contribution is 6.09. The van der Waals surface area contributed by atoms with Crippen LogP contribution < -0.4 is 33.4 Å². The Morgan fingerprint density at radius 1 is 0.700 bits per heavy atom. The van der Waals surface area contributed by atoms with Crippen LogP contribution in [0.25, 0.3) is 10.8 Å². The Morgan fingerprint density at radius 3 is 1.95 bits per heavy atom. The number of benzene rings is 4. The van der Waals surface area contributed by atoms with Gasteiger partial charge in [-0.05, 0) is 17.5 Å². The maximum atomic E-state index is 11.3. The first-order valence-corrected chi connectivity index (χ1v) is 12.7. The second-order valence-electron chi connectivity index (χ2n) is 9.13. The maximum absolute atomic E-state index is 11.3. The van der Waals surface area contributed by atoms with E-state index in [1.54, 1.807) is 48.7 Å². The number of hydrogen-bond acceptors (Lipinski definition) is 9. The fourth-order valence-electron chi connectivity index (χ4n) is 5.15. The first kappa shape index (κ1) is 26.8. The van der Waals surface area contributed by atoms with Gasteiger partial charge in [-0.1, -0.05) is 30.3 Å². The Labute approximate surface area is 233 Å². The fourth-order valence-corrected chi connectivity index (χ4v) is 5.15. The molecular formula is C31H32N2O7. The number of phenols is 1. The number of phenolic OH excluding ortho intramolecular Hbond substituents is 1. The van der Waals surface area contributed by atoms with Crippen LogP contribution in [0.3, 0.4) is 0 Å². The molecule has 0 bridgehead atoms. The van der Waals surface area contributed by atoms with Gasteiger partial charge in [0.2, 0.25) is 5.75 Å². The minimum absolute atomic E-state index is 0.182. The number of aromatic hydroxyl groups is 1. The van der Waals surface area contributed by atoms with Gasteiger partial charge in [0.1, 0.15) is 11.5 Å². The van der Waals surface area contributed by atoms with E-state index in [9.17, 15) is 5.11 Å². The molecule has 0 aromatic heterocycles. The molecule has 208 valence electrons. The SMILES string of the molecule is COc1cc(OC)c(C2CC(c3ccc4ccccc4c3O)=NN2c2cc(OC)c(OC)c(OC)c2)cc1OC. The van der Waals surface area contributed by atoms with E-state index in [1.165, 1.54) is 0 Å². The van der Waals surface area contributed by atoms with Crippen molar-refractivity contribution >= 4 is 22.2 Å². The van der Waals surface area contributed by atoms with Gasteiger partial charge in [0, 0.05) is 41.1 Å². The predicted octanol–water partition coefficient (Wildman–Crippen LogP) is 5.95. The Bertz CT molecular complexity index is 1560. The molecule has 1 aliphatic rings. The quantitative estimate of drug-likeness (QED) is 0.276. The zero-order chi connectivity index (χ0) is 28.4. The van der Waals surface area contributed by atoms with Crippen molar-refractivity contribution in [3.8, 4) is 40.2 Å². The largest absolute Gasteiger partial charge is 0.507 e. The lowest BCUT2D eigenvalue weighted by Crippen LogP contribution is -2.19. The summed E-state index contributed by atoms with van der Waals surface area (Å²) in [6.45, 7) is 0. The van der Waals surface area contributed by atoms with Crippen LogP contribution in [0.15, 0.2) is 65.8 Å². The minimum Gasteiger partial charge on any atom is -0.507 e. The van der Waals surface area contributed by atoms with Crippen molar-refractivity contribution in [2.45, 2.75) is 12.5 Å². The van der Waals surface area contributed by atoms with Crippen molar-refractivity contribution in [3.05, 3.63) is 71.8 Å². The van der Waals surface area contributed by atoms with Crippen molar-refractivity contribution in [2.75, 3.05) is 47.7 Å². The topological polar surface area (TPSA) is 91.2 Å². The summed E-state index contributed by atoms with van der Waals surface area (Å²) in [5.41, 5.74) is 2.89. The summed E-state index contributed by atoms with van der Waals surface area (Å²) in [5, 5.41) is 19.9. The van der Waals surface area contributed by atoms with Crippen molar-refractivity contribution < 1.29 is 33.5 Å². The molecule has 0 fully saturated rings. The molecular weight excluding hydrogens is 512 g/mol. The van der Waals surface area contributed by atoms with Gasteiger partial charge in [0.15, 0.2) is 23.0 Å². The minimum atomic E-state index is -0.335. The molecule has 1 N–H and O–H groups in total. The molecule has 9 nitrogen and oxygen atoms in total. The molecule has 0 aliphatic carbocycles. The molecule has 0 amide bonds. The standard InChI is InChI=1S/C31H32N2O7/c1-35-25-17-27(37-3)26(36-2)15-22(25)24-16-23(21-12-11-18-9-7-8-10-20(18)30(21)34)32-33(24)19-13-28(38-4)31(40-6)29(14-19)39-5/h7-15,17,24,34H,16H2,1-6H3. The Kier molecular flexibility index (Phi) is 7.46. The molecule has 1 aliphatic heterocycles. The van der Waals surface area contributed by atoms with Gasteiger partial charge in [-0.15, -0.1) is 0 Å². The normalized spacial score (nSPS) is 14.6. The first-order chi connectivity index (χ1) is 19.5. The van der Waals surface area contributed by atoms with Gasteiger partial charge < -0.3 is 33.5 Å². The fraction of sp³-hybridized carbons (Fsp3) is 0.258. The number of hydrogen-bond donors (Lipinski definition) is 1. The van der Waals surface area contributed by atoms with Crippen LogP contribution in [0, 0.1) is 0 Å². The van der Waals surface area contributed by atoms with Gasteiger partial charge in [-0.2, -0.15) is 5.10 Å². The van der Waals surface area contributed by atoms with Crippen molar-refractivity contribution in [1.82, 2.24) is 0 Å². The molecule has 1 heterocycles. The highest BCUT2D eigenvalue weighted by Crippen LogP contribution is 2.48. The lowest BCUT2D eigenvalue weighted by Gasteiger charge is -2.27. The number of anilines is 1. The molecule has 4 aromatic rings. The third-order valence-corrected chi connectivity index (χ3v) is 7.13. The summed E-state index contributed by atoms with van der Waals surface area (Å²) in [6, 6.07) is 18.6. The molecule has 1 atom stereocenters. The van der Waals surface area contributed by atoms with Gasteiger partial charge >= 0.3 is 0 Å². The average molecular weight is 545 g/mol. The Balaban J connectivity index is 1.71. The molecule has 1 unspecified atom stereocenters. The molecule has 0 saturated carbocycles. The molecule has 40 heavy (non-hydrogen) atoms. The molecule has 9 heteroatoms. The molecule has 0 saturated heterocycles. The molecule has 5 rings (SSSR count). The van der Waals surface area contributed by atoms with E-state index >= 15 is 0 Å². The number of ether oxygens (including phenoxy) is 6. The van der Waals surface area contributed by atoms with Crippen molar-refractivity contribution in [2.24, 2.45) is 5.10 Å². The second-order valence-corrected chi connectivity index (χ2v) is 9.13. The number of nitrogens with zero attached hydrogens (tertiary/aromatic N) is 2. The summed E-state index contributed by atoms with van der Waals surface area (Å²) < 4.78 is 33.7. The van der Waals surface area contributed by atoms with Gasteiger partial charge in [-0.25, -0.2) is 0 Å². The van der Waals surface area contributed by atoms with E-state index in [1.807, 2.05) is 59.6 Å². The summed E-state index contributed by atoms with van der Waals surface area (Å²) in [7, 11) is 9.49. The van der Waals surface area contributed by atoms with Crippen LogP contribution >= 0.6 is 0 Å². The monoisotopic (exact) mass is 544 g/mol. The number of methoxy groups -OCH3 is 6. The van der Waals surface area contributed by atoms with E-state index in [0.29, 0.717) is 57.9 Å². The third kappa shape index (κ3) is 4.53. The van der Waals surface area contributed by atoms with E-state index in [2.05, 4.69) is 0 Å². The van der Waals surface area contributed by atoms with Crippen LogP contribution in [0.4, 0.5) is 5.69 Å². The average Bonchev–Trinajstić information content (AvgIpc) is 3.44. The Morgan fingerprint density at radius 2 is 1.32 bits per heavy atom. The highest BCUT2D eigenvalue weighted by Gasteiger charge is 2.35. The van der Waals surface area contributed by atoms with Crippen LogP contribution in [-0.4, -0.2) is 53.5 Å². The maximum Gasteiger partial charge on any atom is 0.203 e. The van der Waals surface area contributed by atoms with E-state index in [0.717, 1.165) is 16.3 Å². The third-order valence-electron chi connectivity index (χ3n) is 7.13. The first-order valence-electron chi connectivity index (χ1n) is 12.7. The van der Waals surface area contributed by atoms with E-state index in [4.69, 9.17) is 33.5 Å². The van der Waals surface area contributed by atoms with Crippen molar-refractivity contribution in [1.29, 1.82) is 0 Å². The van der Waals surface area contributed by atoms with Crippen LogP contribution in [0.5, 0.6) is 40.2 Å². The zero-order valence-electron chi connectivity index (χ0n) is 23.3. The van der Waals surface area contributed by atoms with E-state index < -0.39 is 0 Å². The highest BCUT2D eigenvalue weighted by atomic mass is 16.5. The number of fused-ring (bicyclic) bond motifs is 1. The number of rotatable bonds is 9. The second kappa shape index (κ2) is 11.1. The predicted molar refractivity (Wildman–Crippen MR) is 154 cm³/mol. The van der Waals surface area contributed by atoms with Gasteiger partial charge in [0.05, 0.1) is 60.1 Å². The van der Waals surface area contributed by atoms with Gasteiger partial charge in [0.25, 0.3) is 0 Å². The van der Waals surface area contributed by atoms with Crippen LogP contribution in [-0.2, 0) is 0 Å². The Hall–Kier alpha value is -4.79. The van der Waals surface area contributed by atoms with Crippen LogP contribution in [0.1, 0.15) is 23.6 Å². The lowest BCUT2D eigenvalue weighted by molar-refractivity contribution is 0.324. The van der Waals surface area contributed by atoms with Crippen molar-refractivity contribution in [3.63, 3.8) is 0 Å². The molecule has 0 radical (unpaired) electrons. The molecule has 0 spiro atoms. The van der Waals surface area contributed by atoms with E-state index in [-0.39, 0.29) is 11.8 Å². The molecule has 4 aromatic carbocycles.